The van der Waals surface area contributed by atoms with Gasteiger partial charge in [0.25, 0.3) is 0 Å². The lowest BCUT2D eigenvalue weighted by molar-refractivity contribution is -0.127. The molecule has 30 heavy (non-hydrogen) atoms. The number of ether oxygens (including phenoxy) is 1. The van der Waals surface area contributed by atoms with E-state index >= 15 is 0 Å². The standard InChI is InChI=1S/C23H26FN3O3/c1-17-6-8-21(30-2)18(14-17)7-9-23(29)27-12-10-26(11-13-27)16-22(28)25-20-5-3-4-19(24)15-20/h3-9,14-15H,10-13,16H2,1-2H3,(H,25,28)/b9-7+. The fourth-order valence-electron chi connectivity index (χ4n) is 3.35. The summed E-state index contributed by atoms with van der Waals surface area (Å²) in [7, 11) is 1.60. The van der Waals surface area contributed by atoms with E-state index in [1.165, 1.54) is 12.1 Å². The Morgan fingerprint density at radius 3 is 2.60 bits per heavy atom. The lowest BCUT2D eigenvalue weighted by atomic mass is 10.1. The summed E-state index contributed by atoms with van der Waals surface area (Å²) in [6.45, 7) is 4.48. The van der Waals surface area contributed by atoms with Gasteiger partial charge in [-0.05, 0) is 43.3 Å². The van der Waals surface area contributed by atoms with Crippen LogP contribution < -0.4 is 10.1 Å². The van der Waals surface area contributed by atoms with Crippen molar-refractivity contribution in [2.45, 2.75) is 6.92 Å². The second-order valence-electron chi connectivity index (χ2n) is 7.24. The van der Waals surface area contributed by atoms with Crippen LogP contribution in [-0.2, 0) is 9.59 Å². The monoisotopic (exact) mass is 411 g/mol. The number of carbonyl (C=O) groups excluding carboxylic acids is 2. The van der Waals surface area contributed by atoms with Gasteiger partial charge in [0, 0.05) is 43.5 Å². The third-order valence-corrected chi connectivity index (χ3v) is 4.95. The molecule has 2 amide bonds. The second-order valence-corrected chi connectivity index (χ2v) is 7.24. The minimum absolute atomic E-state index is 0.0672. The van der Waals surface area contributed by atoms with Crippen molar-refractivity contribution in [3.63, 3.8) is 0 Å². The molecule has 2 aromatic carbocycles. The third-order valence-electron chi connectivity index (χ3n) is 4.95. The van der Waals surface area contributed by atoms with E-state index in [1.807, 2.05) is 30.0 Å². The average Bonchev–Trinajstić information content (AvgIpc) is 2.72. The Kier molecular flexibility index (Phi) is 7.19. The molecular formula is C23H26FN3O3. The molecule has 1 N–H and O–H groups in total. The van der Waals surface area contributed by atoms with Crippen molar-refractivity contribution in [2.75, 3.05) is 45.2 Å². The van der Waals surface area contributed by atoms with Gasteiger partial charge < -0.3 is 15.0 Å². The topological polar surface area (TPSA) is 61.9 Å². The molecule has 1 fully saturated rings. The molecule has 1 aliphatic heterocycles. The largest absolute Gasteiger partial charge is 0.496 e. The van der Waals surface area contributed by atoms with E-state index in [1.54, 1.807) is 36.3 Å². The number of nitrogens with one attached hydrogen (secondary N) is 1. The molecule has 158 valence electrons. The van der Waals surface area contributed by atoms with E-state index in [-0.39, 0.29) is 18.4 Å². The number of anilines is 1. The number of methoxy groups -OCH3 is 1. The van der Waals surface area contributed by atoms with Crippen LogP contribution in [0.1, 0.15) is 11.1 Å². The maximum absolute atomic E-state index is 13.2. The highest BCUT2D eigenvalue weighted by atomic mass is 19.1. The summed E-state index contributed by atoms with van der Waals surface area (Å²) >= 11 is 0. The molecule has 1 heterocycles. The summed E-state index contributed by atoms with van der Waals surface area (Å²) in [4.78, 5) is 28.4. The van der Waals surface area contributed by atoms with Crippen molar-refractivity contribution in [3.05, 3.63) is 65.5 Å². The molecule has 0 aromatic heterocycles. The molecule has 7 heteroatoms. The maximum atomic E-state index is 13.2. The number of hydrogen-bond acceptors (Lipinski definition) is 4. The number of benzene rings is 2. The Morgan fingerprint density at radius 2 is 1.90 bits per heavy atom. The molecule has 1 aliphatic rings. The van der Waals surface area contributed by atoms with Crippen molar-refractivity contribution in [3.8, 4) is 5.75 Å². The number of nitrogens with zero attached hydrogens (tertiary/aromatic N) is 2. The first kappa shape index (κ1) is 21.5. The van der Waals surface area contributed by atoms with Crippen molar-refractivity contribution in [1.82, 2.24) is 9.80 Å². The summed E-state index contributed by atoms with van der Waals surface area (Å²) in [6.07, 6.45) is 3.33. The smallest absolute Gasteiger partial charge is 0.246 e. The Hall–Kier alpha value is -3.19. The molecule has 0 radical (unpaired) electrons. The molecule has 6 nitrogen and oxygen atoms in total. The molecule has 0 atom stereocenters. The number of rotatable bonds is 6. The Balaban J connectivity index is 1.48. The van der Waals surface area contributed by atoms with E-state index in [0.717, 1.165) is 16.9 Å². The summed E-state index contributed by atoms with van der Waals surface area (Å²) in [5.41, 5.74) is 2.39. The molecule has 2 aromatic rings. The minimum atomic E-state index is -0.392. The highest BCUT2D eigenvalue weighted by molar-refractivity contribution is 5.93. The lowest BCUT2D eigenvalue weighted by Gasteiger charge is -2.33. The van der Waals surface area contributed by atoms with Crippen LogP contribution in [0.25, 0.3) is 6.08 Å². The van der Waals surface area contributed by atoms with Crippen molar-refractivity contribution in [1.29, 1.82) is 0 Å². The van der Waals surface area contributed by atoms with Gasteiger partial charge in [-0.1, -0.05) is 17.7 Å². The molecule has 3 rings (SSSR count). The highest BCUT2D eigenvalue weighted by Gasteiger charge is 2.21. The number of halogens is 1. The first-order chi connectivity index (χ1) is 14.4. The summed E-state index contributed by atoms with van der Waals surface area (Å²) in [5, 5.41) is 2.69. The van der Waals surface area contributed by atoms with Crippen molar-refractivity contribution >= 4 is 23.6 Å². The van der Waals surface area contributed by atoms with Crippen LogP contribution in [0.15, 0.2) is 48.5 Å². The van der Waals surface area contributed by atoms with Crippen molar-refractivity contribution < 1.29 is 18.7 Å². The summed E-state index contributed by atoms with van der Waals surface area (Å²) in [5.74, 6) is 0.0595. The molecule has 0 unspecified atom stereocenters. The van der Waals surface area contributed by atoms with Gasteiger partial charge >= 0.3 is 0 Å². The number of piperazine rings is 1. The van der Waals surface area contributed by atoms with Crippen LogP contribution in [0.2, 0.25) is 0 Å². The van der Waals surface area contributed by atoms with E-state index in [9.17, 15) is 14.0 Å². The molecule has 0 aliphatic carbocycles. The van der Waals surface area contributed by atoms with Gasteiger partial charge in [0.1, 0.15) is 11.6 Å². The van der Waals surface area contributed by atoms with Gasteiger partial charge in [0.15, 0.2) is 0 Å². The SMILES string of the molecule is COc1ccc(C)cc1/C=C/C(=O)N1CCN(CC(=O)Nc2cccc(F)c2)CC1. The molecule has 0 bridgehead atoms. The Labute approximate surface area is 175 Å². The van der Waals surface area contributed by atoms with E-state index in [2.05, 4.69) is 5.32 Å². The molecule has 0 saturated carbocycles. The predicted molar refractivity (Wildman–Crippen MR) is 115 cm³/mol. The molecule has 0 spiro atoms. The zero-order chi connectivity index (χ0) is 21.5. The first-order valence-electron chi connectivity index (χ1n) is 9.84. The van der Waals surface area contributed by atoms with Gasteiger partial charge in [-0.2, -0.15) is 0 Å². The number of carbonyl (C=O) groups is 2. The van der Waals surface area contributed by atoms with Crippen LogP contribution in [0, 0.1) is 12.7 Å². The van der Waals surface area contributed by atoms with Gasteiger partial charge in [0.2, 0.25) is 11.8 Å². The normalized spacial score (nSPS) is 14.7. The van der Waals surface area contributed by atoms with E-state index < -0.39 is 5.82 Å². The number of amides is 2. The zero-order valence-electron chi connectivity index (χ0n) is 17.2. The fourth-order valence-corrected chi connectivity index (χ4v) is 3.35. The van der Waals surface area contributed by atoms with Crippen LogP contribution >= 0.6 is 0 Å². The number of aryl methyl sites for hydroxylation is 1. The van der Waals surface area contributed by atoms with Gasteiger partial charge in [-0.3, -0.25) is 14.5 Å². The Bertz CT molecular complexity index is 937. The fraction of sp³-hybridized carbons (Fsp3) is 0.304. The van der Waals surface area contributed by atoms with Gasteiger partial charge in [0.05, 0.1) is 13.7 Å². The van der Waals surface area contributed by atoms with Gasteiger partial charge in [-0.25, -0.2) is 4.39 Å². The third kappa shape index (κ3) is 5.90. The average molecular weight is 411 g/mol. The lowest BCUT2D eigenvalue weighted by Crippen LogP contribution is -2.50. The Morgan fingerprint density at radius 1 is 1.13 bits per heavy atom. The predicted octanol–water partition coefficient (Wildman–Crippen LogP) is 2.94. The molecular weight excluding hydrogens is 385 g/mol. The quantitative estimate of drug-likeness (QED) is 0.743. The van der Waals surface area contributed by atoms with E-state index in [4.69, 9.17) is 4.74 Å². The van der Waals surface area contributed by atoms with Crippen molar-refractivity contribution in [2.24, 2.45) is 0 Å². The first-order valence-corrected chi connectivity index (χ1v) is 9.84. The maximum Gasteiger partial charge on any atom is 0.246 e. The van der Waals surface area contributed by atoms with Crippen LogP contribution in [0.3, 0.4) is 0 Å². The van der Waals surface area contributed by atoms with Crippen LogP contribution in [0.5, 0.6) is 5.75 Å². The van der Waals surface area contributed by atoms with Gasteiger partial charge in [-0.15, -0.1) is 0 Å². The zero-order valence-corrected chi connectivity index (χ0v) is 17.2. The highest BCUT2D eigenvalue weighted by Crippen LogP contribution is 2.21. The van der Waals surface area contributed by atoms with E-state index in [0.29, 0.717) is 31.9 Å². The summed E-state index contributed by atoms with van der Waals surface area (Å²) in [6, 6.07) is 11.6. The summed E-state index contributed by atoms with van der Waals surface area (Å²) < 4.78 is 18.6. The minimum Gasteiger partial charge on any atom is -0.496 e. The van der Waals surface area contributed by atoms with Crippen LogP contribution in [-0.4, -0.2) is 61.4 Å². The molecule has 1 saturated heterocycles. The van der Waals surface area contributed by atoms with Crippen LogP contribution in [0.4, 0.5) is 10.1 Å². The second kappa shape index (κ2) is 10.0. The number of hydrogen-bond donors (Lipinski definition) is 1.